The van der Waals surface area contributed by atoms with Crippen molar-refractivity contribution in [3.05, 3.63) is 0 Å². The summed E-state index contributed by atoms with van der Waals surface area (Å²) in [5.41, 5.74) is 0.783. The van der Waals surface area contributed by atoms with Crippen molar-refractivity contribution in [2.45, 2.75) is 116 Å². The molecular weight excluding hydrogens is 252 g/mol. The molecular formula is C21H38. The fourth-order valence-corrected chi connectivity index (χ4v) is 6.25. The minimum Gasteiger partial charge on any atom is -0.0533 e. The van der Waals surface area contributed by atoms with E-state index in [0.717, 1.165) is 17.3 Å². The van der Waals surface area contributed by atoms with Gasteiger partial charge in [0.25, 0.3) is 0 Å². The van der Waals surface area contributed by atoms with Gasteiger partial charge in [-0.15, -0.1) is 0 Å². The first-order chi connectivity index (χ1) is 10.4. The van der Waals surface area contributed by atoms with Gasteiger partial charge in [0.2, 0.25) is 0 Å². The van der Waals surface area contributed by atoms with Gasteiger partial charge in [-0.2, -0.15) is 0 Å². The number of rotatable bonds is 2. The second-order valence-corrected chi connectivity index (χ2v) is 8.52. The average molecular weight is 291 g/mol. The molecule has 0 unspecified atom stereocenters. The molecule has 0 heteroatoms. The molecule has 0 aromatic carbocycles. The SMILES string of the molecule is C1CCCC(C2(C3CCCCCC3)CCCCCC2)CC1. The zero-order valence-electron chi connectivity index (χ0n) is 14.4. The van der Waals surface area contributed by atoms with Crippen LogP contribution in [0.5, 0.6) is 0 Å². The molecule has 0 aromatic heterocycles. The van der Waals surface area contributed by atoms with E-state index in [1.165, 1.54) is 38.5 Å². The smallest absolute Gasteiger partial charge is 0.0241 e. The van der Waals surface area contributed by atoms with E-state index in [4.69, 9.17) is 0 Å². The molecule has 0 aliphatic heterocycles. The van der Waals surface area contributed by atoms with E-state index in [1.54, 1.807) is 77.0 Å². The molecule has 0 radical (unpaired) electrons. The van der Waals surface area contributed by atoms with Gasteiger partial charge in [-0.1, -0.05) is 77.0 Å². The minimum absolute atomic E-state index is 0.783. The van der Waals surface area contributed by atoms with E-state index < -0.39 is 0 Å². The molecule has 0 saturated heterocycles. The standard InChI is InChI=1S/C21H38/c1-2-8-14-19(13-7-1)21(17-11-5-6-12-18-21)20-15-9-3-4-10-16-20/h19-20H,1-18H2. The first-order valence-electron chi connectivity index (χ1n) is 10.4. The van der Waals surface area contributed by atoms with Gasteiger partial charge < -0.3 is 0 Å². The fraction of sp³-hybridized carbons (Fsp3) is 1.00. The normalized spacial score (nSPS) is 30.3. The second-order valence-electron chi connectivity index (χ2n) is 8.52. The zero-order valence-corrected chi connectivity index (χ0v) is 14.4. The first-order valence-corrected chi connectivity index (χ1v) is 10.4. The summed E-state index contributed by atoms with van der Waals surface area (Å²) in [5.74, 6) is 2.20. The van der Waals surface area contributed by atoms with Gasteiger partial charge in [0, 0.05) is 0 Å². The van der Waals surface area contributed by atoms with Crippen LogP contribution >= 0.6 is 0 Å². The molecule has 0 N–H and O–H groups in total. The number of hydrogen-bond acceptors (Lipinski definition) is 0. The Bertz CT molecular complexity index is 246. The molecule has 3 fully saturated rings. The maximum Gasteiger partial charge on any atom is -0.0241 e. The Labute approximate surface area is 133 Å². The largest absolute Gasteiger partial charge is 0.0533 e. The van der Waals surface area contributed by atoms with Gasteiger partial charge in [-0.25, -0.2) is 0 Å². The molecule has 3 aliphatic carbocycles. The highest BCUT2D eigenvalue weighted by molar-refractivity contribution is 4.94. The van der Waals surface area contributed by atoms with E-state index in [2.05, 4.69) is 0 Å². The molecule has 0 nitrogen and oxygen atoms in total. The van der Waals surface area contributed by atoms with Crippen LogP contribution in [0.1, 0.15) is 116 Å². The van der Waals surface area contributed by atoms with Crippen molar-refractivity contribution >= 4 is 0 Å². The molecule has 3 saturated carbocycles. The van der Waals surface area contributed by atoms with Gasteiger partial charge in [-0.3, -0.25) is 0 Å². The third-order valence-corrected chi connectivity index (χ3v) is 7.37. The fourth-order valence-electron chi connectivity index (χ4n) is 6.25. The van der Waals surface area contributed by atoms with E-state index in [-0.39, 0.29) is 0 Å². The van der Waals surface area contributed by atoms with Crippen LogP contribution in [-0.2, 0) is 0 Å². The quantitative estimate of drug-likeness (QED) is 0.469. The van der Waals surface area contributed by atoms with E-state index in [9.17, 15) is 0 Å². The van der Waals surface area contributed by atoms with Gasteiger partial charge in [0.05, 0.1) is 0 Å². The molecule has 0 heterocycles. The van der Waals surface area contributed by atoms with Crippen molar-refractivity contribution < 1.29 is 0 Å². The van der Waals surface area contributed by atoms with Crippen LogP contribution in [-0.4, -0.2) is 0 Å². The average Bonchev–Trinajstić information content (AvgIpc) is 3.02. The van der Waals surface area contributed by atoms with Gasteiger partial charge in [0.1, 0.15) is 0 Å². The molecule has 3 aliphatic rings. The summed E-state index contributed by atoms with van der Waals surface area (Å²) in [6.07, 6.45) is 27.9. The van der Waals surface area contributed by atoms with Crippen LogP contribution in [0, 0.1) is 17.3 Å². The maximum atomic E-state index is 1.60. The Balaban J connectivity index is 1.80. The second kappa shape index (κ2) is 8.02. The first kappa shape index (κ1) is 15.9. The Morgan fingerprint density at radius 3 is 1.10 bits per heavy atom. The van der Waals surface area contributed by atoms with Crippen LogP contribution < -0.4 is 0 Å². The lowest BCUT2D eigenvalue weighted by molar-refractivity contribution is 0.0292. The molecule has 3 rings (SSSR count). The molecule has 0 spiro atoms. The molecule has 21 heavy (non-hydrogen) atoms. The third kappa shape index (κ3) is 3.85. The van der Waals surface area contributed by atoms with Crippen LogP contribution in [0.2, 0.25) is 0 Å². The summed E-state index contributed by atoms with van der Waals surface area (Å²) >= 11 is 0. The van der Waals surface area contributed by atoms with Crippen molar-refractivity contribution in [1.82, 2.24) is 0 Å². The number of hydrogen-bond donors (Lipinski definition) is 0. The monoisotopic (exact) mass is 290 g/mol. The topological polar surface area (TPSA) is 0 Å². The highest BCUT2D eigenvalue weighted by Crippen LogP contribution is 2.54. The Kier molecular flexibility index (Phi) is 6.07. The van der Waals surface area contributed by atoms with Crippen molar-refractivity contribution in [2.75, 3.05) is 0 Å². The predicted octanol–water partition coefficient (Wildman–Crippen LogP) is 7.27. The minimum atomic E-state index is 0.783. The summed E-state index contributed by atoms with van der Waals surface area (Å²) < 4.78 is 0. The summed E-state index contributed by atoms with van der Waals surface area (Å²) in [5, 5.41) is 0. The molecule has 0 aromatic rings. The van der Waals surface area contributed by atoms with Crippen molar-refractivity contribution in [1.29, 1.82) is 0 Å². The summed E-state index contributed by atoms with van der Waals surface area (Å²) in [4.78, 5) is 0. The van der Waals surface area contributed by atoms with E-state index in [0.29, 0.717) is 0 Å². The maximum absolute atomic E-state index is 1.60. The molecule has 0 bridgehead atoms. The van der Waals surface area contributed by atoms with Gasteiger partial charge in [-0.05, 0) is 55.8 Å². The Hall–Kier alpha value is 0. The van der Waals surface area contributed by atoms with Crippen molar-refractivity contribution in [3.63, 3.8) is 0 Å². The lowest BCUT2D eigenvalue weighted by Gasteiger charge is -2.47. The highest BCUT2D eigenvalue weighted by Gasteiger charge is 2.44. The zero-order chi connectivity index (χ0) is 14.4. The highest BCUT2D eigenvalue weighted by atomic mass is 14.5. The summed E-state index contributed by atoms with van der Waals surface area (Å²) in [7, 11) is 0. The van der Waals surface area contributed by atoms with Crippen LogP contribution in [0.3, 0.4) is 0 Å². The van der Waals surface area contributed by atoms with Gasteiger partial charge >= 0.3 is 0 Å². The summed E-state index contributed by atoms with van der Waals surface area (Å²) in [6, 6.07) is 0. The van der Waals surface area contributed by atoms with E-state index >= 15 is 0 Å². The van der Waals surface area contributed by atoms with Crippen LogP contribution in [0.4, 0.5) is 0 Å². The van der Waals surface area contributed by atoms with Crippen molar-refractivity contribution in [3.8, 4) is 0 Å². The van der Waals surface area contributed by atoms with Crippen LogP contribution in [0.25, 0.3) is 0 Å². The predicted molar refractivity (Wildman–Crippen MR) is 92.5 cm³/mol. The third-order valence-electron chi connectivity index (χ3n) is 7.37. The lowest BCUT2D eigenvalue weighted by Crippen LogP contribution is -2.38. The lowest BCUT2D eigenvalue weighted by atomic mass is 9.58. The van der Waals surface area contributed by atoms with Crippen LogP contribution in [0.15, 0.2) is 0 Å². The Morgan fingerprint density at radius 2 is 0.714 bits per heavy atom. The molecule has 0 atom stereocenters. The summed E-state index contributed by atoms with van der Waals surface area (Å²) in [6.45, 7) is 0. The molecule has 122 valence electrons. The van der Waals surface area contributed by atoms with E-state index in [1.807, 2.05) is 0 Å². The van der Waals surface area contributed by atoms with Crippen molar-refractivity contribution in [2.24, 2.45) is 17.3 Å². The Morgan fingerprint density at radius 1 is 0.381 bits per heavy atom. The van der Waals surface area contributed by atoms with Gasteiger partial charge in [0.15, 0.2) is 0 Å². The molecule has 0 amide bonds.